The molecule has 0 amide bonds. The number of benzene rings is 1. The number of ketones is 1. The van der Waals surface area contributed by atoms with E-state index in [1.54, 1.807) is 0 Å². The third kappa shape index (κ3) is 3.11. The lowest BCUT2D eigenvalue weighted by atomic mass is 10.1. The number of Topliss-reactive ketones (excluding diaryl/α,β-unsaturated/α-hetero) is 1. The second kappa shape index (κ2) is 5.37. The van der Waals surface area contributed by atoms with Crippen LogP contribution in [0.2, 0.25) is 0 Å². The van der Waals surface area contributed by atoms with Crippen LogP contribution in [-0.4, -0.2) is 10.9 Å². The van der Waals surface area contributed by atoms with Gasteiger partial charge in [0.2, 0.25) is 0 Å². The number of carbonyl (C=O) groups excluding carboxylic acids is 1. The minimum absolute atomic E-state index is 0.0276. The monoisotopic (exact) mass is 336 g/mol. The Morgan fingerprint density at radius 3 is 2.80 bits per heavy atom. The molecular formula is C10H6FIO2S. The molecule has 0 aromatic heterocycles. The Balaban J connectivity index is 3.25. The van der Waals surface area contributed by atoms with Crippen molar-refractivity contribution in [3.8, 4) is 16.9 Å². The van der Waals surface area contributed by atoms with Gasteiger partial charge in [-0.15, -0.1) is 0 Å². The normalized spacial score (nSPS) is 9.27. The standard InChI is InChI=1S/C10H6FIO2S/c1-6(13)8-5-9(11)7(2-3-15-12)4-10(8)14/h4-5,14H,1H3. The number of phenolic OH excluding ortho intramolecular Hbond substituents is 1. The molecule has 0 aliphatic heterocycles. The van der Waals surface area contributed by atoms with Gasteiger partial charge in [-0.3, -0.25) is 4.79 Å². The molecule has 1 N–H and O–H groups in total. The van der Waals surface area contributed by atoms with Gasteiger partial charge in [0, 0.05) is 21.2 Å². The van der Waals surface area contributed by atoms with E-state index in [1.807, 2.05) is 21.2 Å². The van der Waals surface area contributed by atoms with Gasteiger partial charge >= 0.3 is 0 Å². The van der Waals surface area contributed by atoms with E-state index >= 15 is 0 Å². The van der Waals surface area contributed by atoms with Gasteiger partial charge in [0.15, 0.2) is 5.78 Å². The Bertz CT molecular complexity index is 462. The molecule has 0 fully saturated rings. The highest BCUT2D eigenvalue weighted by molar-refractivity contribution is 14.2. The Kier molecular flexibility index (Phi) is 4.42. The Labute approximate surface area is 103 Å². The van der Waals surface area contributed by atoms with E-state index in [1.165, 1.54) is 15.9 Å². The fraction of sp³-hybridized carbons (Fsp3) is 0.100. The van der Waals surface area contributed by atoms with Crippen molar-refractivity contribution in [2.24, 2.45) is 0 Å². The Morgan fingerprint density at radius 2 is 2.27 bits per heavy atom. The van der Waals surface area contributed by atoms with E-state index in [0.717, 1.165) is 12.1 Å². The molecule has 0 aliphatic carbocycles. The number of aromatic hydroxyl groups is 1. The number of carbonyl (C=O) groups is 1. The zero-order chi connectivity index (χ0) is 11.4. The molecule has 0 heterocycles. The molecule has 0 radical (unpaired) electrons. The molecule has 0 spiro atoms. The van der Waals surface area contributed by atoms with Gasteiger partial charge in [-0.2, -0.15) is 0 Å². The quantitative estimate of drug-likeness (QED) is 0.486. The number of hydrogen-bond acceptors (Lipinski definition) is 3. The summed E-state index contributed by atoms with van der Waals surface area (Å²) in [5, 5.41) is 12.0. The highest BCUT2D eigenvalue weighted by atomic mass is 127. The van der Waals surface area contributed by atoms with E-state index in [2.05, 4.69) is 11.2 Å². The summed E-state index contributed by atoms with van der Waals surface area (Å²) in [6.07, 6.45) is 0. The molecule has 15 heavy (non-hydrogen) atoms. The lowest BCUT2D eigenvalue weighted by Gasteiger charge is -2.02. The average molecular weight is 336 g/mol. The van der Waals surface area contributed by atoms with Crippen molar-refractivity contribution < 1.29 is 14.3 Å². The molecule has 1 aromatic rings. The summed E-state index contributed by atoms with van der Waals surface area (Å²) >= 11 is 1.96. The van der Waals surface area contributed by atoms with Crippen molar-refractivity contribution in [2.75, 3.05) is 0 Å². The smallest absolute Gasteiger partial charge is 0.163 e. The average Bonchev–Trinajstić information content (AvgIpc) is 2.18. The minimum atomic E-state index is -0.601. The molecule has 0 aliphatic rings. The van der Waals surface area contributed by atoms with Crippen molar-refractivity contribution in [3.63, 3.8) is 0 Å². The van der Waals surface area contributed by atoms with Crippen LogP contribution in [0, 0.1) is 17.0 Å². The maximum atomic E-state index is 13.3. The maximum absolute atomic E-state index is 13.3. The fourth-order valence-electron chi connectivity index (χ4n) is 1.01. The van der Waals surface area contributed by atoms with E-state index < -0.39 is 5.82 Å². The van der Waals surface area contributed by atoms with E-state index in [0.29, 0.717) is 0 Å². The minimum Gasteiger partial charge on any atom is -0.507 e. The van der Waals surface area contributed by atoms with Gasteiger partial charge < -0.3 is 5.11 Å². The maximum Gasteiger partial charge on any atom is 0.163 e. The van der Waals surface area contributed by atoms with Gasteiger partial charge in [-0.25, -0.2) is 4.39 Å². The summed E-state index contributed by atoms with van der Waals surface area (Å²) in [4.78, 5) is 11.0. The van der Waals surface area contributed by atoms with Crippen LogP contribution in [-0.2, 0) is 0 Å². The molecule has 1 rings (SSSR count). The summed E-state index contributed by atoms with van der Waals surface area (Å²) in [7, 11) is 1.22. The zero-order valence-corrected chi connectivity index (χ0v) is 10.6. The SMILES string of the molecule is CC(=O)c1cc(F)c(C#CSI)cc1O. The highest BCUT2D eigenvalue weighted by Gasteiger charge is 2.11. The number of rotatable bonds is 1. The predicted molar refractivity (Wildman–Crippen MR) is 66.6 cm³/mol. The second-order valence-electron chi connectivity index (χ2n) is 2.71. The van der Waals surface area contributed by atoms with Gasteiger partial charge in [0.05, 0.1) is 11.1 Å². The molecule has 1 aromatic carbocycles. The van der Waals surface area contributed by atoms with E-state index in [4.69, 9.17) is 0 Å². The molecule has 0 saturated carbocycles. The third-order valence-electron chi connectivity index (χ3n) is 1.69. The first-order chi connectivity index (χ1) is 7.06. The summed E-state index contributed by atoms with van der Waals surface area (Å²) in [5.74, 6) is 1.30. The highest BCUT2D eigenvalue weighted by Crippen LogP contribution is 2.22. The van der Waals surface area contributed by atoms with Crippen molar-refractivity contribution >= 4 is 35.9 Å². The molecule has 5 heteroatoms. The van der Waals surface area contributed by atoms with Crippen LogP contribution in [0.15, 0.2) is 12.1 Å². The molecule has 2 nitrogen and oxygen atoms in total. The Hall–Kier alpha value is -0.740. The zero-order valence-electron chi connectivity index (χ0n) is 7.67. The fourth-order valence-corrected chi connectivity index (χ4v) is 1.49. The molecule has 78 valence electrons. The molecule has 0 unspecified atom stereocenters. The topological polar surface area (TPSA) is 37.3 Å². The first-order valence-electron chi connectivity index (χ1n) is 3.88. The van der Waals surface area contributed by atoms with Gasteiger partial charge in [0.25, 0.3) is 0 Å². The van der Waals surface area contributed by atoms with Gasteiger partial charge in [-0.1, -0.05) is 5.92 Å². The Morgan fingerprint density at radius 1 is 1.60 bits per heavy atom. The van der Waals surface area contributed by atoms with Crippen LogP contribution >= 0.6 is 30.1 Å². The van der Waals surface area contributed by atoms with Crippen LogP contribution in [0.5, 0.6) is 5.75 Å². The summed E-state index contributed by atoms with van der Waals surface area (Å²) in [6, 6.07) is 2.16. The first-order valence-corrected chi connectivity index (χ1v) is 7.24. The number of halogens is 2. The van der Waals surface area contributed by atoms with Gasteiger partial charge in [0.1, 0.15) is 11.6 Å². The lowest BCUT2D eigenvalue weighted by Crippen LogP contribution is -1.96. The van der Waals surface area contributed by atoms with Crippen LogP contribution < -0.4 is 0 Å². The first kappa shape index (κ1) is 12.3. The van der Waals surface area contributed by atoms with Crippen molar-refractivity contribution in [2.45, 2.75) is 6.92 Å². The van der Waals surface area contributed by atoms with Crippen LogP contribution in [0.4, 0.5) is 4.39 Å². The predicted octanol–water partition coefficient (Wildman–Crippen LogP) is 3.13. The summed E-state index contributed by atoms with van der Waals surface area (Å²) < 4.78 is 13.3. The van der Waals surface area contributed by atoms with Crippen LogP contribution in [0.3, 0.4) is 0 Å². The van der Waals surface area contributed by atoms with Crippen LogP contribution in [0.25, 0.3) is 0 Å². The molecular weight excluding hydrogens is 330 g/mol. The summed E-state index contributed by atoms with van der Waals surface area (Å²) in [5.41, 5.74) is 0.0573. The molecule has 0 atom stereocenters. The second-order valence-corrected chi connectivity index (χ2v) is 4.39. The molecule has 0 saturated heterocycles. The van der Waals surface area contributed by atoms with Crippen molar-refractivity contribution in [3.05, 3.63) is 29.1 Å². The lowest BCUT2D eigenvalue weighted by molar-refractivity contribution is 0.101. The third-order valence-corrected chi connectivity index (χ3v) is 2.53. The van der Waals surface area contributed by atoms with Crippen LogP contribution in [0.1, 0.15) is 22.8 Å². The van der Waals surface area contributed by atoms with E-state index in [-0.39, 0.29) is 22.7 Å². The number of hydrogen-bond donors (Lipinski definition) is 1. The molecule has 0 bridgehead atoms. The summed E-state index contributed by atoms with van der Waals surface area (Å²) in [6.45, 7) is 1.26. The largest absolute Gasteiger partial charge is 0.507 e. The van der Waals surface area contributed by atoms with Crippen molar-refractivity contribution in [1.29, 1.82) is 0 Å². The van der Waals surface area contributed by atoms with E-state index in [9.17, 15) is 14.3 Å². The van der Waals surface area contributed by atoms with Crippen molar-refractivity contribution in [1.82, 2.24) is 0 Å². The number of phenols is 1. The van der Waals surface area contributed by atoms with Gasteiger partial charge in [-0.05, 0) is 33.2 Å².